The van der Waals surface area contributed by atoms with E-state index in [-0.39, 0.29) is 23.5 Å². The maximum Gasteiger partial charge on any atom is 0.256 e. The van der Waals surface area contributed by atoms with Crippen LogP contribution in [0.1, 0.15) is 16.8 Å². The van der Waals surface area contributed by atoms with Crippen LogP contribution in [-0.2, 0) is 9.84 Å². The van der Waals surface area contributed by atoms with Crippen LogP contribution in [-0.4, -0.2) is 48.8 Å². The first-order valence-electron chi connectivity index (χ1n) is 6.71. The Morgan fingerprint density at radius 1 is 1.43 bits per heavy atom. The van der Waals surface area contributed by atoms with Gasteiger partial charge in [0.15, 0.2) is 9.84 Å². The quantitative estimate of drug-likeness (QED) is 0.809. The lowest BCUT2D eigenvalue weighted by atomic mass is 10.1. The number of benzene rings is 1. The molecule has 1 aromatic carbocycles. The third-order valence-corrected chi connectivity index (χ3v) is 5.76. The number of nitrogens with zero attached hydrogens (tertiary/aromatic N) is 1. The lowest BCUT2D eigenvalue weighted by Crippen LogP contribution is -2.37. The van der Waals surface area contributed by atoms with E-state index < -0.39 is 9.84 Å². The van der Waals surface area contributed by atoms with Gasteiger partial charge in [-0.3, -0.25) is 4.79 Å². The molecule has 0 aliphatic carbocycles. The van der Waals surface area contributed by atoms with Crippen LogP contribution in [0.3, 0.4) is 0 Å². The van der Waals surface area contributed by atoms with E-state index >= 15 is 0 Å². The SMILES string of the molecule is CN(C(=O)c1c[nH]c2cc(N)ccc12)C1CCS(=O)(=O)C1. The van der Waals surface area contributed by atoms with Crippen molar-refractivity contribution in [3.05, 3.63) is 30.0 Å². The average molecular weight is 307 g/mol. The molecule has 1 aliphatic heterocycles. The maximum atomic E-state index is 12.6. The summed E-state index contributed by atoms with van der Waals surface area (Å²) in [6.45, 7) is 0. The summed E-state index contributed by atoms with van der Waals surface area (Å²) in [6.07, 6.45) is 2.15. The van der Waals surface area contributed by atoms with Crippen LogP contribution in [0, 0.1) is 0 Å². The Bertz CT molecular complexity index is 810. The lowest BCUT2D eigenvalue weighted by Gasteiger charge is -2.23. The summed E-state index contributed by atoms with van der Waals surface area (Å²) in [7, 11) is -1.35. The largest absolute Gasteiger partial charge is 0.399 e. The molecule has 1 aliphatic rings. The highest BCUT2D eigenvalue weighted by atomic mass is 32.2. The fourth-order valence-electron chi connectivity index (χ4n) is 2.76. The summed E-state index contributed by atoms with van der Waals surface area (Å²) in [4.78, 5) is 17.1. The summed E-state index contributed by atoms with van der Waals surface area (Å²) in [5.41, 5.74) is 7.68. The molecule has 1 atom stereocenters. The van der Waals surface area contributed by atoms with Gasteiger partial charge in [0.25, 0.3) is 5.91 Å². The Morgan fingerprint density at radius 3 is 2.86 bits per heavy atom. The van der Waals surface area contributed by atoms with E-state index in [0.29, 0.717) is 17.7 Å². The summed E-state index contributed by atoms with van der Waals surface area (Å²) in [6, 6.07) is 5.06. The van der Waals surface area contributed by atoms with Crippen molar-refractivity contribution >= 4 is 32.3 Å². The van der Waals surface area contributed by atoms with Crippen molar-refractivity contribution in [1.82, 2.24) is 9.88 Å². The summed E-state index contributed by atoms with van der Waals surface area (Å²) < 4.78 is 23.1. The van der Waals surface area contributed by atoms with E-state index in [9.17, 15) is 13.2 Å². The molecule has 112 valence electrons. The molecule has 3 rings (SSSR count). The molecule has 7 heteroatoms. The van der Waals surface area contributed by atoms with Gasteiger partial charge in [-0.2, -0.15) is 0 Å². The van der Waals surface area contributed by atoms with Crippen LogP contribution in [0.5, 0.6) is 0 Å². The van der Waals surface area contributed by atoms with Gasteiger partial charge in [0.1, 0.15) is 0 Å². The average Bonchev–Trinajstić information content (AvgIpc) is 2.99. The van der Waals surface area contributed by atoms with Crippen molar-refractivity contribution in [2.75, 3.05) is 24.3 Å². The zero-order valence-corrected chi connectivity index (χ0v) is 12.5. The number of carbonyl (C=O) groups excluding carboxylic acids is 1. The Kier molecular flexibility index (Phi) is 3.16. The summed E-state index contributed by atoms with van der Waals surface area (Å²) >= 11 is 0. The van der Waals surface area contributed by atoms with Crippen molar-refractivity contribution in [2.24, 2.45) is 0 Å². The summed E-state index contributed by atoms with van der Waals surface area (Å²) in [5.74, 6) is 0.0256. The normalized spacial score (nSPS) is 20.7. The predicted molar refractivity (Wildman–Crippen MR) is 81.9 cm³/mol. The number of fused-ring (bicyclic) bond motifs is 1. The first-order chi connectivity index (χ1) is 9.87. The van der Waals surface area contributed by atoms with Gasteiger partial charge in [-0.25, -0.2) is 8.42 Å². The molecular formula is C14H17N3O3S. The molecule has 1 aromatic heterocycles. The molecule has 1 amide bonds. The standard InChI is InChI=1S/C14H17N3O3S/c1-17(10-4-5-21(19,20)8-10)14(18)12-7-16-13-6-9(15)2-3-11(12)13/h2-3,6-7,10,16H,4-5,8,15H2,1H3. The number of carbonyl (C=O) groups is 1. The van der Waals surface area contributed by atoms with Crippen LogP contribution >= 0.6 is 0 Å². The molecule has 2 heterocycles. The zero-order valence-electron chi connectivity index (χ0n) is 11.7. The molecule has 3 N–H and O–H groups in total. The van der Waals surface area contributed by atoms with Crippen LogP contribution < -0.4 is 5.73 Å². The molecule has 2 aromatic rings. The highest BCUT2D eigenvalue weighted by molar-refractivity contribution is 7.91. The Morgan fingerprint density at radius 2 is 2.19 bits per heavy atom. The second-order valence-corrected chi connectivity index (χ2v) is 7.71. The lowest BCUT2D eigenvalue weighted by molar-refractivity contribution is 0.0749. The number of sulfone groups is 1. The predicted octanol–water partition coefficient (Wildman–Crippen LogP) is 1.01. The van der Waals surface area contributed by atoms with Gasteiger partial charge < -0.3 is 15.6 Å². The number of hydrogen-bond acceptors (Lipinski definition) is 4. The van der Waals surface area contributed by atoms with Gasteiger partial charge in [-0.15, -0.1) is 0 Å². The van der Waals surface area contributed by atoms with E-state index in [1.54, 1.807) is 31.4 Å². The number of aromatic nitrogens is 1. The summed E-state index contributed by atoms with van der Waals surface area (Å²) in [5, 5.41) is 0.793. The van der Waals surface area contributed by atoms with Crippen molar-refractivity contribution in [2.45, 2.75) is 12.5 Å². The molecule has 6 nitrogen and oxygen atoms in total. The molecule has 0 saturated carbocycles. The minimum absolute atomic E-state index is 0.0462. The van der Waals surface area contributed by atoms with Gasteiger partial charge >= 0.3 is 0 Å². The van der Waals surface area contributed by atoms with E-state index in [0.717, 1.165) is 10.9 Å². The fraction of sp³-hybridized carbons (Fsp3) is 0.357. The monoisotopic (exact) mass is 307 g/mol. The third-order valence-electron chi connectivity index (χ3n) is 4.01. The highest BCUT2D eigenvalue weighted by Gasteiger charge is 2.33. The van der Waals surface area contributed by atoms with E-state index in [1.165, 1.54) is 4.90 Å². The van der Waals surface area contributed by atoms with Crippen molar-refractivity contribution < 1.29 is 13.2 Å². The number of nitrogen functional groups attached to an aromatic ring is 1. The number of rotatable bonds is 2. The van der Waals surface area contributed by atoms with Crippen molar-refractivity contribution in [1.29, 1.82) is 0 Å². The molecule has 0 radical (unpaired) electrons. The number of nitrogens with one attached hydrogen (secondary N) is 1. The number of anilines is 1. The van der Waals surface area contributed by atoms with Gasteiger partial charge in [0.2, 0.25) is 0 Å². The van der Waals surface area contributed by atoms with E-state index in [1.807, 2.05) is 0 Å². The minimum Gasteiger partial charge on any atom is -0.399 e. The van der Waals surface area contributed by atoms with Crippen LogP contribution in [0.15, 0.2) is 24.4 Å². The second-order valence-electron chi connectivity index (χ2n) is 5.48. The molecule has 0 spiro atoms. The van der Waals surface area contributed by atoms with E-state index in [4.69, 9.17) is 5.73 Å². The molecule has 1 saturated heterocycles. The minimum atomic E-state index is -3.01. The van der Waals surface area contributed by atoms with Crippen LogP contribution in [0.2, 0.25) is 0 Å². The highest BCUT2D eigenvalue weighted by Crippen LogP contribution is 2.24. The Labute approximate surface area is 122 Å². The van der Waals surface area contributed by atoms with Gasteiger partial charge in [0, 0.05) is 35.9 Å². The topological polar surface area (TPSA) is 96.3 Å². The van der Waals surface area contributed by atoms with Gasteiger partial charge in [-0.1, -0.05) is 0 Å². The van der Waals surface area contributed by atoms with Crippen LogP contribution in [0.4, 0.5) is 5.69 Å². The zero-order chi connectivity index (χ0) is 15.2. The molecule has 0 bridgehead atoms. The molecule has 1 unspecified atom stereocenters. The molecule has 21 heavy (non-hydrogen) atoms. The van der Waals surface area contributed by atoms with Gasteiger partial charge in [-0.05, 0) is 24.6 Å². The number of amides is 1. The smallest absolute Gasteiger partial charge is 0.256 e. The second kappa shape index (κ2) is 4.77. The first-order valence-corrected chi connectivity index (χ1v) is 8.54. The first kappa shape index (κ1) is 13.9. The number of nitrogens with two attached hydrogens (primary N) is 1. The van der Waals surface area contributed by atoms with Crippen molar-refractivity contribution in [3.63, 3.8) is 0 Å². The molecular weight excluding hydrogens is 290 g/mol. The van der Waals surface area contributed by atoms with Crippen molar-refractivity contribution in [3.8, 4) is 0 Å². The Hall–Kier alpha value is -2.02. The van der Waals surface area contributed by atoms with Gasteiger partial charge in [0.05, 0.1) is 17.1 Å². The molecule has 1 fully saturated rings. The third kappa shape index (κ3) is 2.49. The van der Waals surface area contributed by atoms with Crippen LogP contribution in [0.25, 0.3) is 10.9 Å². The maximum absolute atomic E-state index is 12.6. The number of hydrogen-bond donors (Lipinski definition) is 2. The van der Waals surface area contributed by atoms with E-state index in [2.05, 4.69) is 4.98 Å². The number of aromatic amines is 1. The number of H-pyrrole nitrogens is 1. The Balaban J connectivity index is 1.90. The fourth-order valence-corrected chi connectivity index (χ4v) is 4.53.